The first kappa shape index (κ1) is 30.6. The number of nitrogens with one attached hydrogen (secondary N) is 2. The minimum Gasteiger partial charge on any atom is -0.480 e. The lowest BCUT2D eigenvalue weighted by Crippen LogP contribution is -2.65. The molecule has 1 fully saturated rings. The molecular formula is C20H36N4O11. The molecule has 0 aromatic heterocycles. The number of nitrogens with two attached hydrogens (primary N) is 2. The molecule has 0 spiro atoms. The van der Waals surface area contributed by atoms with Crippen LogP contribution in [0.3, 0.4) is 0 Å². The molecule has 9 atom stereocenters. The zero-order valence-corrected chi connectivity index (χ0v) is 19.8. The van der Waals surface area contributed by atoms with Crippen molar-refractivity contribution in [3.63, 3.8) is 0 Å². The number of aliphatic hydroxyl groups is 3. The number of primary amides is 1. The van der Waals surface area contributed by atoms with Crippen LogP contribution < -0.4 is 22.1 Å². The van der Waals surface area contributed by atoms with E-state index >= 15 is 0 Å². The molecule has 1 heterocycles. The molecule has 10 N–H and O–H groups in total. The minimum atomic E-state index is -1.57. The first-order valence-corrected chi connectivity index (χ1v) is 11.0. The Morgan fingerprint density at radius 2 is 1.80 bits per heavy atom. The van der Waals surface area contributed by atoms with Crippen molar-refractivity contribution in [3.05, 3.63) is 0 Å². The van der Waals surface area contributed by atoms with Crippen LogP contribution in [-0.4, -0.2) is 112 Å². The molecule has 0 radical (unpaired) electrons. The fraction of sp³-hybridized carbons (Fsp3) is 0.800. The predicted octanol–water partition coefficient (Wildman–Crippen LogP) is -4.10. The van der Waals surface area contributed by atoms with E-state index in [2.05, 4.69) is 10.6 Å². The molecule has 1 aliphatic rings. The highest BCUT2D eigenvalue weighted by Crippen LogP contribution is 2.23. The summed E-state index contributed by atoms with van der Waals surface area (Å²) in [7, 11) is 0. The van der Waals surface area contributed by atoms with Gasteiger partial charge in [-0.15, -0.1) is 0 Å². The molecule has 0 aromatic carbocycles. The Kier molecular flexibility index (Phi) is 12.5. The van der Waals surface area contributed by atoms with Crippen LogP contribution in [0.4, 0.5) is 0 Å². The summed E-state index contributed by atoms with van der Waals surface area (Å²) in [6.07, 6.45) is -7.52. The van der Waals surface area contributed by atoms with Gasteiger partial charge in [-0.3, -0.25) is 24.5 Å². The quantitative estimate of drug-likeness (QED) is 0.104. The number of hydrogen-bond donors (Lipinski definition) is 8. The fourth-order valence-electron chi connectivity index (χ4n) is 3.45. The van der Waals surface area contributed by atoms with Gasteiger partial charge in [-0.1, -0.05) is 0 Å². The lowest BCUT2D eigenvalue weighted by atomic mass is 9.96. The number of hydrogen-bond acceptors (Lipinski definition) is 12. The Morgan fingerprint density at radius 1 is 1.17 bits per heavy atom. The number of carboxylic acid groups (broad SMARTS) is 1. The van der Waals surface area contributed by atoms with Gasteiger partial charge >= 0.3 is 11.9 Å². The van der Waals surface area contributed by atoms with Crippen LogP contribution in [0.2, 0.25) is 0 Å². The average Bonchev–Trinajstić information content (AvgIpc) is 2.76. The molecule has 15 heteroatoms. The average molecular weight is 509 g/mol. The summed E-state index contributed by atoms with van der Waals surface area (Å²) in [4.78, 5) is 46.1. The monoisotopic (exact) mass is 508 g/mol. The van der Waals surface area contributed by atoms with Crippen molar-refractivity contribution in [3.8, 4) is 0 Å². The lowest BCUT2D eigenvalue weighted by molar-refractivity contribution is -0.267. The second-order valence-corrected chi connectivity index (χ2v) is 8.34. The maximum absolute atomic E-state index is 12.0. The largest absolute Gasteiger partial charge is 0.480 e. The topological polar surface area (TPSA) is 253 Å². The number of aliphatic carboxylic acids is 1. The standard InChI is InChI=1S/C20H36N4O11/c1-8(33-17-15(24-10(3)26)20(32)35-12(7-25)16(17)28)6-23-14(19(30)31)9(2)34-13(27)5-4-11(21)18(22)29/h8-9,11-12,14-17,20,23,25,28,32H,4-7,21H2,1-3H3,(H2,22,29)(H,24,26)(H,30,31)/t8?,9-,11-,12-,14+,15-,16-,17-,20+/m1/s1. The van der Waals surface area contributed by atoms with Crippen molar-refractivity contribution in [2.24, 2.45) is 11.5 Å². The fourth-order valence-corrected chi connectivity index (χ4v) is 3.45. The molecule has 35 heavy (non-hydrogen) atoms. The smallest absolute Gasteiger partial charge is 0.324 e. The van der Waals surface area contributed by atoms with Gasteiger partial charge < -0.3 is 51.4 Å². The van der Waals surface area contributed by atoms with Gasteiger partial charge in [0.05, 0.1) is 18.8 Å². The van der Waals surface area contributed by atoms with Gasteiger partial charge in [0.2, 0.25) is 11.8 Å². The number of ether oxygens (including phenoxy) is 3. The van der Waals surface area contributed by atoms with Gasteiger partial charge in [0.15, 0.2) is 6.29 Å². The zero-order chi connectivity index (χ0) is 26.9. The summed E-state index contributed by atoms with van der Waals surface area (Å²) in [6, 6.07) is -3.53. The molecule has 15 nitrogen and oxygen atoms in total. The van der Waals surface area contributed by atoms with E-state index in [0.29, 0.717) is 0 Å². The second kappa shape index (κ2) is 14.2. The van der Waals surface area contributed by atoms with E-state index in [1.807, 2.05) is 0 Å². The van der Waals surface area contributed by atoms with Gasteiger partial charge in [-0.05, 0) is 20.3 Å². The van der Waals surface area contributed by atoms with E-state index in [1.165, 1.54) is 13.8 Å². The maximum atomic E-state index is 12.0. The Morgan fingerprint density at radius 3 is 2.31 bits per heavy atom. The van der Waals surface area contributed by atoms with E-state index in [-0.39, 0.29) is 19.4 Å². The minimum absolute atomic E-state index is 0.0551. The highest BCUT2D eigenvalue weighted by molar-refractivity contribution is 5.80. The third-order valence-corrected chi connectivity index (χ3v) is 5.34. The SMILES string of the molecule is CC(=O)N[C@@H]1[C@@H](OC(C)CN[C@H](C(=O)O)[C@@H](C)OC(=O)CC[C@@H](N)C(N)=O)[C@H](O)[C@@H](CO)O[C@@H]1O. The Labute approximate surface area is 202 Å². The Bertz CT molecular complexity index is 740. The van der Waals surface area contributed by atoms with Crippen LogP contribution >= 0.6 is 0 Å². The summed E-state index contributed by atoms with van der Waals surface area (Å²) >= 11 is 0. The molecule has 1 rings (SSSR count). The Balaban J connectivity index is 2.74. The van der Waals surface area contributed by atoms with Crippen molar-refractivity contribution >= 4 is 23.8 Å². The van der Waals surface area contributed by atoms with Crippen molar-refractivity contribution in [2.75, 3.05) is 13.2 Å². The molecule has 1 saturated heterocycles. The van der Waals surface area contributed by atoms with E-state index in [1.54, 1.807) is 6.92 Å². The van der Waals surface area contributed by atoms with Crippen LogP contribution in [0.5, 0.6) is 0 Å². The summed E-state index contributed by atoms with van der Waals surface area (Å²) in [5.41, 5.74) is 10.5. The number of esters is 1. The molecule has 0 aliphatic carbocycles. The first-order chi connectivity index (χ1) is 16.3. The molecule has 0 aromatic rings. The number of carbonyl (C=O) groups excluding carboxylic acids is 3. The highest BCUT2D eigenvalue weighted by atomic mass is 16.6. The number of aliphatic hydroxyl groups excluding tert-OH is 3. The zero-order valence-electron chi connectivity index (χ0n) is 19.8. The molecule has 1 unspecified atom stereocenters. The van der Waals surface area contributed by atoms with Crippen LogP contribution in [-0.2, 0) is 33.4 Å². The van der Waals surface area contributed by atoms with E-state index in [4.69, 9.17) is 25.7 Å². The summed E-state index contributed by atoms with van der Waals surface area (Å²) < 4.78 is 16.0. The van der Waals surface area contributed by atoms with Crippen molar-refractivity contribution in [1.29, 1.82) is 0 Å². The number of carboxylic acids is 1. The molecular weight excluding hydrogens is 472 g/mol. The van der Waals surface area contributed by atoms with E-state index in [9.17, 15) is 39.6 Å². The molecule has 0 bridgehead atoms. The molecule has 2 amide bonds. The third kappa shape index (κ3) is 9.64. The number of rotatable bonds is 14. The summed E-state index contributed by atoms with van der Waals surface area (Å²) in [5, 5.41) is 44.7. The van der Waals surface area contributed by atoms with Crippen molar-refractivity contribution in [1.82, 2.24) is 10.6 Å². The second-order valence-electron chi connectivity index (χ2n) is 8.34. The summed E-state index contributed by atoms with van der Waals surface area (Å²) in [5.74, 6) is -3.38. The number of carbonyl (C=O) groups is 4. The van der Waals surface area contributed by atoms with Gasteiger partial charge in [0.25, 0.3) is 0 Å². The summed E-state index contributed by atoms with van der Waals surface area (Å²) in [6.45, 7) is 3.39. The van der Waals surface area contributed by atoms with Crippen LogP contribution in [0.15, 0.2) is 0 Å². The van der Waals surface area contributed by atoms with Gasteiger partial charge in [-0.25, -0.2) is 0 Å². The predicted molar refractivity (Wildman–Crippen MR) is 117 cm³/mol. The van der Waals surface area contributed by atoms with Crippen LogP contribution in [0, 0.1) is 0 Å². The molecule has 1 aliphatic heterocycles. The van der Waals surface area contributed by atoms with Crippen molar-refractivity contribution in [2.45, 2.75) is 88.5 Å². The highest BCUT2D eigenvalue weighted by Gasteiger charge is 2.46. The number of amides is 2. The van der Waals surface area contributed by atoms with Crippen molar-refractivity contribution < 1.29 is 53.8 Å². The normalized spacial score (nSPS) is 27.8. The van der Waals surface area contributed by atoms with Crippen LogP contribution in [0.25, 0.3) is 0 Å². The maximum Gasteiger partial charge on any atom is 0.324 e. The molecule has 0 saturated carbocycles. The van der Waals surface area contributed by atoms with E-state index < -0.39 is 85.3 Å². The van der Waals surface area contributed by atoms with Gasteiger partial charge in [0, 0.05) is 19.9 Å². The van der Waals surface area contributed by atoms with E-state index in [0.717, 1.165) is 0 Å². The van der Waals surface area contributed by atoms with Crippen LogP contribution in [0.1, 0.15) is 33.6 Å². The first-order valence-electron chi connectivity index (χ1n) is 11.0. The Hall–Kier alpha value is -2.40. The van der Waals surface area contributed by atoms with Gasteiger partial charge in [-0.2, -0.15) is 0 Å². The lowest BCUT2D eigenvalue weighted by Gasteiger charge is -2.43. The third-order valence-electron chi connectivity index (χ3n) is 5.34. The van der Waals surface area contributed by atoms with Gasteiger partial charge in [0.1, 0.15) is 36.5 Å². The molecule has 202 valence electrons.